The molecule has 38 heavy (non-hydrogen) atoms. The highest BCUT2D eigenvalue weighted by atomic mass is 16.5. The van der Waals surface area contributed by atoms with Crippen LogP contribution in [0.15, 0.2) is 91.8 Å². The first-order valence-corrected chi connectivity index (χ1v) is 11.8. The van der Waals surface area contributed by atoms with Gasteiger partial charge in [0.05, 0.1) is 11.9 Å². The Hall–Kier alpha value is -5.38. The Bertz CT molecular complexity index is 1770. The lowest BCUT2D eigenvalue weighted by molar-refractivity contribution is -0.133. The molecule has 10 heteroatoms. The van der Waals surface area contributed by atoms with Gasteiger partial charge in [0.25, 0.3) is 0 Å². The first kappa shape index (κ1) is 23.0. The van der Waals surface area contributed by atoms with Crippen LogP contribution < -0.4 is 14.8 Å². The van der Waals surface area contributed by atoms with Crippen LogP contribution in [-0.2, 0) is 11.2 Å². The number of fused-ring (bicyclic) bond motifs is 2. The number of nitrogens with one attached hydrogen (secondary N) is 1. The molecule has 0 bridgehead atoms. The van der Waals surface area contributed by atoms with E-state index in [1.165, 1.54) is 6.33 Å². The monoisotopic (exact) mass is 503 g/mol. The van der Waals surface area contributed by atoms with Gasteiger partial charge >= 0.3 is 5.97 Å². The fraction of sp³-hybridized carbons (Fsp3) is 0.0714. The van der Waals surface area contributed by atoms with Gasteiger partial charge in [0.1, 0.15) is 36.3 Å². The van der Waals surface area contributed by atoms with Crippen molar-refractivity contribution in [2.45, 2.75) is 13.3 Å². The van der Waals surface area contributed by atoms with E-state index in [0.29, 0.717) is 28.8 Å². The van der Waals surface area contributed by atoms with Gasteiger partial charge < -0.3 is 14.8 Å². The van der Waals surface area contributed by atoms with Crippen LogP contribution in [0.1, 0.15) is 11.1 Å². The topological polar surface area (TPSA) is 116 Å². The maximum atomic E-state index is 12.5. The minimum absolute atomic E-state index is 0.124. The van der Waals surface area contributed by atoms with Gasteiger partial charge in [-0.15, -0.1) is 10.2 Å². The second-order valence-electron chi connectivity index (χ2n) is 8.57. The van der Waals surface area contributed by atoms with Crippen molar-refractivity contribution in [1.29, 1.82) is 0 Å². The summed E-state index contributed by atoms with van der Waals surface area (Å²) in [6.45, 7) is 1.95. The number of nitrogens with zero attached hydrogens (tertiary/aromatic N) is 6. The second-order valence-corrected chi connectivity index (χ2v) is 8.57. The van der Waals surface area contributed by atoms with E-state index in [2.05, 4.69) is 30.5 Å². The van der Waals surface area contributed by atoms with Crippen LogP contribution in [0.25, 0.3) is 16.6 Å². The van der Waals surface area contributed by atoms with E-state index in [1.807, 2.05) is 61.5 Å². The SMILES string of the molecule is Cc1cc(Nc2ncnc3ccc(CC(=O)Oc4ccccc4)cc23)ccc1Oc1cc2nncn2cn1. The molecule has 0 amide bonds. The van der Waals surface area contributed by atoms with Gasteiger partial charge in [0, 0.05) is 17.1 Å². The molecule has 0 atom stereocenters. The van der Waals surface area contributed by atoms with Crippen molar-refractivity contribution < 1.29 is 14.3 Å². The fourth-order valence-corrected chi connectivity index (χ4v) is 3.99. The summed E-state index contributed by atoms with van der Waals surface area (Å²) in [4.78, 5) is 25.5. The highest BCUT2D eigenvalue weighted by Crippen LogP contribution is 2.30. The number of carbonyl (C=O) groups excluding carboxylic acids is 1. The molecule has 0 saturated carbocycles. The number of rotatable bonds is 7. The number of hydrogen-bond donors (Lipinski definition) is 1. The first-order chi connectivity index (χ1) is 18.6. The van der Waals surface area contributed by atoms with Gasteiger partial charge in [0.15, 0.2) is 5.65 Å². The lowest BCUT2D eigenvalue weighted by Crippen LogP contribution is -2.11. The number of para-hydroxylation sites is 1. The zero-order chi connectivity index (χ0) is 25.9. The van der Waals surface area contributed by atoms with Gasteiger partial charge in [-0.25, -0.2) is 15.0 Å². The zero-order valence-electron chi connectivity index (χ0n) is 20.3. The lowest BCUT2D eigenvalue weighted by atomic mass is 10.1. The summed E-state index contributed by atoms with van der Waals surface area (Å²) in [5.74, 6) is 1.89. The summed E-state index contributed by atoms with van der Waals surface area (Å²) < 4.78 is 13.1. The molecule has 0 spiro atoms. The molecule has 0 unspecified atom stereocenters. The number of esters is 1. The largest absolute Gasteiger partial charge is 0.439 e. The van der Waals surface area contributed by atoms with Gasteiger partial charge in [-0.3, -0.25) is 9.20 Å². The molecule has 1 N–H and O–H groups in total. The third-order valence-corrected chi connectivity index (χ3v) is 5.84. The lowest BCUT2D eigenvalue weighted by Gasteiger charge is -2.12. The van der Waals surface area contributed by atoms with Crippen LogP contribution in [0, 0.1) is 6.92 Å². The fourth-order valence-electron chi connectivity index (χ4n) is 3.99. The molecular weight excluding hydrogens is 482 g/mol. The smallest absolute Gasteiger partial charge is 0.315 e. The standard InChI is InChI=1S/C28H21N7O3/c1-18-11-20(8-10-24(18)38-26-14-25-34-32-17-35(25)16-31-26)33-28-22-12-19(7-9-23(22)29-15-30-28)13-27(36)37-21-5-3-2-4-6-21/h2-12,14-17H,13H2,1H3,(H,29,30,33). The summed E-state index contributed by atoms with van der Waals surface area (Å²) >= 11 is 0. The Morgan fingerprint density at radius 3 is 2.71 bits per heavy atom. The van der Waals surface area contributed by atoms with Gasteiger partial charge in [-0.05, 0) is 60.5 Å². The van der Waals surface area contributed by atoms with Crippen LogP contribution in [0.2, 0.25) is 0 Å². The molecule has 186 valence electrons. The second kappa shape index (κ2) is 9.94. The molecule has 3 heterocycles. The van der Waals surface area contributed by atoms with Crippen molar-refractivity contribution in [2.24, 2.45) is 0 Å². The Morgan fingerprint density at radius 1 is 0.947 bits per heavy atom. The molecule has 6 aromatic rings. The van der Waals surface area contributed by atoms with E-state index in [9.17, 15) is 4.79 Å². The van der Waals surface area contributed by atoms with E-state index in [-0.39, 0.29) is 12.4 Å². The summed E-state index contributed by atoms with van der Waals surface area (Å²) in [5, 5.41) is 12.0. The highest BCUT2D eigenvalue weighted by molar-refractivity contribution is 5.91. The molecule has 0 saturated heterocycles. The average molecular weight is 504 g/mol. The van der Waals surface area contributed by atoms with Gasteiger partial charge in [-0.1, -0.05) is 24.3 Å². The molecule has 0 aliphatic rings. The van der Waals surface area contributed by atoms with E-state index >= 15 is 0 Å². The minimum atomic E-state index is -0.342. The summed E-state index contributed by atoms with van der Waals surface area (Å²) in [6, 6.07) is 22.1. The van der Waals surface area contributed by atoms with Gasteiger partial charge in [-0.2, -0.15) is 0 Å². The molecule has 0 fully saturated rings. The van der Waals surface area contributed by atoms with Crippen LogP contribution >= 0.6 is 0 Å². The number of aryl methyl sites for hydroxylation is 1. The van der Waals surface area contributed by atoms with Crippen molar-refractivity contribution >= 4 is 34.0 Å². The third-order valence-electron chi connectivity index (χ3n) is 5.84. The maximum absolute atomic E-state index is 12.5. The van der Waals surface area contributed by atoms with Crippen molar-refractivity contribution in [2.75, 3.05) is 5.32 Å². The highest BCUT2D eigenvalue weighted by Gasteiger charge is 2.11. The zero-order valence-corrected chi connectivity index (χ0v) is 20.3. The Balaban J connectivity index is 1.20. The van der Waals surface area contributed by atoms with Crippen LogP contribution in [0.3, 0.4) is 0 Å². The summed E-state index contributed by atoms with van der Waals surface area (Å²) in [5.41, 5.74) is 3.93. The quantitative estimate of drug-likeness (QED) is 0.236. The predicted molar refractivity (Wildman–Crippen MR) is 141 cm³/mol. The maximum Gasteiger partial charge on any atom is 0.315 e. The summed E-state index contributed by atoms with van der Waals surface area (Å²) in [7, 11) is 0. The Morgan fingerprint density at radius 2 is 1.84 bits per heavy atom. The molecular formula is C28H21N7O3. The normalized spacial score (nSPS) is 11.0. The van der Waals surface area contributed by atoms with Crippen molar-refractivity contribution in [1.82, 2.24) is 29.5 Å². The Kier molecular flexibility index (Phi) is 6.03. The molecule has 3 aromatic carbocycles. The van der Waals surface area contributed by atoms with E-state index < -0.39 is 0 Å². The van der Waals surface area contributed by atoms with Gasteiger partial charge in [0.2, 0.25) is 5.88 Å². The van der Waals surface area contributed by atoms with Crippen molar-refractivity contribution in [3.05, 3.63) is 103 Å². The average Bonchev–Trinajstić information content (AvgIpc) is 3.39. The number of hydrogen-bond acceptors (Lipinski definition) is 9. The van der Waals surface area contributed by atoms with Crippen molar-refractivity contribution in [3.63, 3.8) is 0 Å². The van der Waals surface area contributed by atoms with E-state index in [0.717, 1.165) is 27.7 Å². The number of aromatic nitrogens is 6. The molecule has 0 aliphatic carbocycles. The van der Waals surface area contributed by atoms with Crippen LogP contribution in [-0.4, -0.2) is 35.5 Å². The predicted octanol–water partition coefficient (Wildman–Crippen LogP) is 5.06. The molecule has 0 radical (unpaired) electrons. The molecule has 10 nitrogen and oxygen atoms in total. The molecule has 3 aromatic heterocycles. The van der Waals surface area contributed by atoms with Crippen LogP contribution in [0.4, 0.5) is 11.5 Å². The number of benzene rings is 3. The van der Waals surface area contributed by atoms with E-state index in [4.69, 9.17) is 9.47 Å². The minimum Gasteiger partial charge on any atom is -0.439 e. The van der Waals surface area contributed by atoms with E-state index in [1.54, 1.807) is 35.3 Å². The summed E-state index contributed by atoms with van der Waals surface area (Å²) in [6.07, 6.45) is 4.81. The first-order valence-electron chi connectivity index (χ1n) is 11.8. The Labute approximate surface area is 217 Å². The van der Waals surface area contributed by atoms with Crippen molar-refractivity contribution in [3.8, 4) is 17.4 Å². The third kappa shape index (κ3) is 4.96. The molecule has 0 aliphatic heterocycles. The molecule has 6 rings (SSSR count). The number of ether oxygens (including phenoxy) is 2. The number of carbonyl (C=O) groups is 1. The van der Waals surface area contributed by atoms with Crippen LogP contribution in [0.5, 0.6) is 17.4 Å². The number of anilines is 2.